The van der Waals surface area contributed by atoms with Crippen molar-refractivity contribution >= 4 is 17.4 Å². The maximum Gasteiger partial charge on any atom is 0.417 e. The molecule has 1 aromatic rings. The van der Waals surface area contributed by atoms with Crippen LogP contribution in [0, 0.1) is 11.3 Å². The summed E-state index contributed by atoms with van der Waals surface area (Å²) in [5, 5.41) is 8.77. The Kier molecular flexibility index (Phi) is 5.75. The molecule has 0 saturated heterocycles. The van der Waals surface area contributed by atoms with Crippen LogP contribution in [0.4, 0.5) is 18.9 Å². The fourth-order valence-corrected chi connectivity index (χ4v) is 2.40. The Morgan fingerprint density at radius 3 is 2.55 bits per heavy atom. The SMILES string of the molecule is CSCCC(C)N(C)c1ccc(C#N)c(C(F)(F)F)c1. The molecule has 6 heteroatoms. The zero-order valence-electron chi connectivity index (χ0n) is 11.7. The summed E-state index contributed by atoms with van der Waals surface area (Å²) in [5.41, 5.74) is -0.738. The third-order valence-electron chi connectivity index (χ3n) is 3.24. The maximum atomic E-state index is 12.9. The molecule has 1 aromatic carbocycles. The van der Waals surface area contributed by atoms with Crippen molar-refractivity contribution in [3.8, 4) is 6.07 Å². The van der Waals surface area contributed by atoms with Gasteiger partial charge in [0.25, 0.3) is 0 Å². The minimum atomic E-state index is -4.51. The number of nitriles is 1. The second-order valence-corrected chi connectivity index (χ2v) is 5.57. The molecule has 1 unspecified atom stereocenters. The van der Waals surface area contributed by atoms with Crippen molar-refractivity contribution < 1.29 is 13.2 Å². The van der Waals surface area contributed by atoms with Crippen LogP contribution in [-0.2, 0) is 6.18 Å². The molecule has 0 aromatic heterocycles. The summed E-state index contributed by atoms with van der Waals surface area (Å²) in [6, 6.07) is 5.57. The lowest BCUT2D eigenvalue weighted by molar-refractivity contribution is -0.137. The van der Waals surface area contributed by atoms with E-state index in [1.807, 2.05) is 18.1 Å². The molecule has 20 heavy (non-hydrogen) atoms. The van der Waals surface area contributed by atoms with E-state index in [4.69, 9.17) is 5.26 Å². The van der Waals surface area contributed by atoms with Gasteiger partial charge in [-0.2, -0.15) is 30.2 Å². The topological polar surface area (TPSA) is 27.0 Å². The molecule has 2 nitrogen and oxygen atoms in total. The lowest BCUT2D eigenvalue weighted by Crippen LogP contribution is -2.29. The van der Waals surface area contributed by atoms with E-state index in [9.17, 15) is 13.2 Å². The molecule has 0 aliphatic heterocycles. The predicted molar refractivity (Wildman–Crippen MR) is 77.0 cm³/mol. The van der Waals surface area contributed by atoms with E-state index in [0.717, 1.165) is 18.2 Å². The second kappa shape index (κ2) is 6.89. The molecular formula is C14H17F3N2S. The zero-order valence-corrected chi connectivity index (χ0v) is 12.5. The highest BCUT2D eigenvalue weighted by Crippen LogP contribution is 2.34. The summed E-state index contributed by atoms with van der Waals surface area (Å²) in [5.74, 6) is 0.952. The van der Waals surface area contributed by atoms with E-state index in [1.165, 1.54) is 6.07 Å². The summed E-state index contributed by atoms with van der Waals surface area (Å²) in [6.07, 6.45) is -1.63. The molecule has 0 aliphatic carbocycles. The van der Waals surface area contributed by atoms with E-state index in [1.54, 1.807) is 30.9 Å². The molecule has 1 atom stereocenters. The van der Waals surface area contributed by atoms with Gasteiger partial charge in [0, 0.05) is 18.8 Å². The lowest BCUT2D eigenvalue weighted by atomic mass is 10.1. The largest absolute Gasteiger partial charge is 0.417 e. The fourth-order valence-electron chi connectivity index (χ4n) is 1.82. The Balaban J connectivity index is 3.06. The smallest absolute Gasteiger partial charge is 0.372 e. The van der Waals surface area contributed by atoms with Gasteiger partial charge in [0.05, 0.1) is 17.2 Å². The van der Waals surface area contributed by atoms with Crippen LogP contribution < -0.4 is 4.90 Å². The van der Waals surface area contributed by atoms with Gasteiger partial charge in [-0.1, -0.05) is 0 Å². The number of hydrogen-bond donors (Lipinski definition) is 0. The van der Waals surface area contributed by atoms with Crippen LogP contribution in [0.5, 0.6) is 0 Å². The van der Waals surface area contributed by atoms with Crippen molar-refractivity contribution in [2.75, 3.05) is 24.0 Å². The second-order valence-electron chi connectivity index (χ2n) is 4.58. The van der Waals surface area contributed by atoms with Crippen LogP contribution in [0.1, 0.15) is 24.5 Å². The standard InChI is InChI=1S/C14H17F3N2S/c1-10(6-7-20-3)19(2)12-5-4-11(9-18)13(8-12)14(15,16)17/h4-5,8,10H,6-7H2,1-3H3. The zero-order chi connectivity index (χ0) is 15.3. The molecule has 0 fully saturated rings. The Bertz CT molecular complexity index is 494. The minimum absolute atomic E-state index is 0.136. The number of anilines is 1. The number of hydrogen-bond acceptors (Lipinski definition) is 3. The average molecular weight is 302 g/mol. The van der Waals surface area contributed by atoms with Gasteiger partial charge in [-0.3, -0.25) is 0 Å². The Morgan fingerprint density at radius 1 is 1.40 bits per heavy atom. The van der Waals surface area contributed by atoms with Crippen molar-refractivity contribution in [3.63, 3.8) is 0 Å². The van der Waals surface area contributed by atoms with Crippen LogP contribution in [0.15, 0.2) is 18.2 Å². The molecule has 0 N–H and O–H groups in total. The summed E-state index contributed by atoms with van der Waals surface area (Å²) < 4.78 is 38.7. The highest BCUT2D eigenvalue weighted by molar-refractivity contribution is 7.98. The fraction of sp³-hybridized carbons (Fsp3) is 0.500. The van der Waals surface area contributed by atoms with Gasteiger partial charge in [-0.25, -0.2) is 0 Å². The van der Waals surface area contributed by atoms with Crippen molar-refractivity contribution in [2.45, 2.75) is 25.6 Å². The first-order valence-electron chi connectivity index (χ1n) is 6.14. The van der Waals surface area contributed by atoms with E-state index >= 15 is 0 Å². The first-order valence-corrected chi connectivity index (χ1v) is 7.53. The van der Waals surface area contributed by atoms with Gasteiger partial charge in [0.15, 0.2) is 0 Å². The molecule has 110 valence electrons. The molecule has 0 aliphatic rings. The van der Waals surface area contributed by atoms with Crippen LogP contribution in [0.25, 0.3) is 0 Å². The summed E-state index contributed by atoms with van der Waals surface area (Å²) in [4.78, 5) is 1.81. The molecule has 0 heterocycles. The minimum Gasteiger partial charge on any atom is -0.372 e. The van der Waals surface area contributed by atoms with Crippen molar-refractivity contribution in [1.82, 2.24) is 0 Å². The van der Waals surface area contributed by atoms with Crippen LogP contribution in [0.2, 0.25) is 0 Å². The number of halogens is 3. The van der Waals surface area contributed by atoms with Gasteiger partial charge >= 0.3 is 6.18 Å². The van der Waals surface area contributed by atoms with E-state index in [0.29, 0.717) is 5.69 Å². The first kappa shape index (κ1) is 16.7. The van der Waals surface area contributed by atoms with Gasteiger partial charge in [-0.15, -0.1) is 0 Å². The Morgan fingerprint density at radius 2 is 2.05 bits per heavy atom. The highest BCUT2D eigenvalue weighted by atomic mass is 32.2. The first-order chi connectivity index (χ1) is 9.31. The molecule has 0 amide bonds. The maximum absolute atomic E-state index is 12.9. The molecule has 0 radical (unpaired) electrons. The molecule has 1 rings (SSSR count). The summed E-state index contributed by atoms with van der Waals surface area (Å²) in [7, 11) is 1.77. The van der Waals surface area contributed by atoms with Gasteiger partial charge in [0.2, 0.25) is 0 Å². The highest BCUT2D eigenvalue weighted by Gasteiger charge is 2.34. The van der Waals surface area contributed by atoms with Crippen molar-refractivity contribution in [1.29, 1.82) is 5.26 Å². The monoisotopic (exact) mass is 302 g/mol. The summed E-state index contributed by atoms with van der Waals surface area (Å²) >= 11 is 1.71. The molecule has 0 bridgehead atoms. The Hall–Kier alpha value is -1.35. The van der Waals surface area contributed by atoms with Crippen LogP contribution in [0.3, 0.4) is 0 Å². The van der Waals surface area contributed by atoms with Crippen LogP contribution in [-0.4, -0.2) is 25.1 Å². The number of benzene rings is 1. The number of nitrogens with zero attached hydrogens (tertiary/aromatic N) is 2. The third kappa shape index (κ3) is 4.07. The summed E-state index contributed by atoms with van der Waals surface area (Å²) in [6.45, 7) is 1.97. The van der Waals surface area contributed by atoms with E-state index < -0.39 is 11.7 Å². The van der Waals surface area contributed by atoms with E-state index in [2.05, 4.69) is 0 Å². The normalized spacial score (nSPS) is 12.8. The molecule has 0 spiro atoms. The van der Waals surface area contributed by atoms with Gasteiger partial charge < -0.3 is 4.90 Å². The van der Waals surface area contributed by atoms with Gasteiger partial charge in [-0.05, 0) is 43.6 Å². The molecule has 0 saturated carbocycles. The quantitative estimate of drug-likeness (QED) is 0.817. The third-order valence-corrected chi connectivity index (χ3v) is 3.88. The number of alkyl halides is 3. The molecular weight excluding hydrogens is 285 g/mol. The van der Waals surface area contributed by atoms with E-state index in [-0.39, 0.29) is 11.6 Å². The van der Waals surface area contributed by atoms with Crippen LogP contribution >= 0.6 is 11.8 Å². The van der Waals surface area contributed by atoms with Gasteiger partial charge in [0.1, 0.15) is 0 Å². The number of thioether (sulfide) groups is 1. The average Bonchev–Trinajstić information content (AvgIpc) is 2.42. The predicted octanol–water partition coefficient (Wildman–Crippen LogP) is 4.15. The number of rotatable bonds is 5. The Labute approximate surface area is 121 Å². The van der Waals surface area contributed by atoms with Crippen molar-refractivity contribution in [3.05, 3.63) is 29.3 Å². The van der Waals surface area contributed by atoms with Crippen molar-refractivity contribution in [2.24, 2.45) is 0 Å². The lowest BCUT2D eigenvalue weighted by Gasteiger charge is -2.27.